The first-order chi connectivity index (χ1) is 11.9. The molecule has 2 heterocycles. The highest BCUT2D eigenvalue weighted by molar-refractivity contribution is 9.10. The highest BCUT2D eigenvalue weighted by atomic mass is 79.9. The maximum atomic E-state index is 12.5. The monoisotopic (exact) mass is 402 g/mol. The minimum absolute atomic E-state index is 0.0799. The Morgan fingerprint density at radius 3 is 2.76 bits per heavy atom. The van der Waals surface area contributed by atoms with E-state index in [4.69, 9.17) is 5.73 Å². The van der Waals surface area contributed by atoms with Crippen LogP contribution in [0.4, 0.5) is 5.95 Å². The number of carbonyl (C=O) groups is 1. The summed E-state index contributed by atoms with van der Waals surface area (Å²) in [5.41, 5.74) is 9.06. The van der Waals surface area contributed by atoms with Crippen molar-refractivity contribution in [3.8, 4) is 0 Å². The Balaban J connectivity index is 1.81. The molecule has 0 saturated carbocycles. The number of nitrogens with two attached hydrogens (primary N) is 1. The standard InChI is InChI=1S/C17H19BrN6O/c1-9(12-6-4-5-7-14(12)18)20-15(25)8-13-10(2)21-17-22-16(19)23-24(17)11(13)3/h4-7,9H,8H2,1-3H3,(H2,19,23)(H,20,25). The Morgan fingerprint density at radius 2 is 2.04 bits per heavy atom. The normalized spacial score (nSPS) is 12.3. The predicted molar refractivity (Wildman–Crippen MR) is 99.1 cm³/mol. The van der Waals surface area contributed by atoms with Gasteiger partial charge < -0.3 is 11.1 Å². The summed E-state index contributed by atoms with van der Waals surface area (Å²) >= 11 is 3.51. The van der Waals surface area contributed by atoms with Crippen LogP contribution in [0.25, 0.3) is 5.78 Å². The van der Waals surface area contributed by atoms with E-state index in [1.54, 1.807) is 4.52 Å². The highest BCUT2D eigenvalue weighted by Gasteiger charge is 2.17. The van der Waals surface area contributed by atoms with Crippen molar-refractivity contribution >= 4 is 33.6 Å². The summed E-state index contributed by atoms with van der Waals surface area (Å²) in [5, 5.41) is 7.15. The lowest BCUT2D eigenvalue weighted by Gasteiger charge is -2.17. The summed E-state index contributed by atoms with van der Waals surface area (Å²) < 4.78 is 2.54. The van der Waals surface area contributed by atoms with Gasteiger partial charge in [0.15, 0.2) is 0 Å². The van der Waals surface area contributed by atoms with Gasteiger partial charge in [0.25, 0.3) is 5.78 Å². The lowest BCUT2D eigenvalue weighted by Crippen LogP contribution is -2.29. The molecule has 3 rings (SSSR count). The highest BCUT2D eigenvalue weighted by Crippen LogP contribution is 2.23. The SMILES string of the molecule is Cc1nc2nc(N)nn2c(C)c1CC(=O)NC(C)c1ccccc1Br. The number of benzene rings is 1. The van der Waals surface area contributed by atoms with E-state index in [0.717, 1.165) is 27.0 Å². The van der Waals surface area contributed by atoms with E-state index in [-0.39, 0.29) is 24.3 Å². The minimum Gasteiger partial charge on any atom is -0.366 e. The van der Waals surface area contributed by atoms with Crippen LogP contribution in [0, 0.1) is 13.8 Å². The molecule has 1 atom stereocenters. The third-order valence-corrected chi connectivity index (χ3v) is 4.87. The van der Waals surface area contributed by atoms with Gasteiger partial charge in [0.1, 0.15) is 0 Å². The first-order valence-electron chi connectivity index (χ1n) is 7.89. The molecule has 0 saturated heterocycles. The Labute approximate surface area is 153 Å². The zero-order valence-electron chi connectivity index (χ0n) is 14.2. The second-order valence-electron chi connectivity index (χ2n) is 5.93. The van der Waals surface area contributed by atoms with E-state index in [1.165, 1.54) is 0 Å². The number of halogens is 1. The fourth-order valence-corrected chi connectivity index (χ4v) is 3.46. The molecule has 0 aliphatic carbocycles. The molecule has 2 aromatic heterocycles. The van der Waals surface area contributed by atoms with Crippen LogP contribution in [0.2, 0.25) is 0 Å². The molecule has 130 valence electrons. The Kier molecular flexibility index (Phi) is 4.71. The fourth-order valence-electron chi connectivity index (χ4n) is 2.84. The van der Waals surface area contributed by atoms with E-state index >= 15 is 0 Å². The van der Waals surface area contributed by atoms with Gasteiger partial charge in [-0.3, -0.25) is 4.79 Å². The molecular weight excluding hydrogens is 384 g/mol. The van der Waals surface area contributed by atoms with Crippen LogP contribution in [0.1, 0.15) is 35.5 Å². The van der Waals surface area contributed by atoms with Crippen LogP contribution in [-0.4, -0.2) is 25.5 Å². The van der Waals surface area contributed by atoms with Crippen molar-refractivity contribution < 1.29 is 4.79 Å². The number of carbonyl (C=O) groups excluding carboxylic acids is 1. The molecule has 0 aliphatic rings. The summed E-state index contributed by atoms with van der Waals surface area (Å²) in [5.74, 6) is 0.529. The number of nitrogens with zero attached hydrogens (tertiary/aromatic N) is 4. The van der Waals surface area contributed by atoms with Gasteiger partial charge in [-0.1, -0.05) is 34.1 Å². The van der Waals surface area contributed by atoms with E-state index < -0.39 is 0 Å². The zero-order valence-corrected chi connectivity index (χ0v) is 15.8. The smallest absolute Gasteiger partial charge is 0.254 e. The molecule has 1 unspecified atom stereocenters. The number of anilines is 1. The molecule has 0 aliphatic heterocycles. The van der Waals surface area contributed by atoms with Crippen LogP contribution in [0.5, 0.6) is 0 Å². The molecular formula is C17H19BrN6O. The van der Waals surface area contributed by atoms with Crippen molar-refractivity contribution in [2.75, 3.05) is 5.73 Å². The number of nitrogen functional groups attached to an aromatic ring is 1. The van der Waals surface area contributed by atoms with Crippen molar-refractivity contribution in [2.24, 2.45) is 0 Å². The lowest BCUT2D eigenvalue weighted by atomic mass is 10.1. The summed E-state index contributed by atoms with van der Waals surface area (Å²) in [6, 6.07) is 7.72. The van der Waals surface area contributed by atoms with E-state index in [2.05, 4.69) is 36.3 Å². The molecule has 0 fully saturated rings. The molecule has 3 N–H and O–H groups in total. The number of nitrogens with one attached hydrogen (secondary N) is 1. The summed E-state index contributed by atoms with van der Waals surface area (Å²) in [6.45, 7) is 5.70. The van der Waals surface area contributed by atoms with Gasteiger partial charge in [-0.15, -0.1) is 5.10 Å². The van der Waals surface area contributed by atoms with E-state index in [1.807, 2.05) is 45.0 Å². The summed E-state index contributed by atoms with van der Waals surface area (Å²) in [7, 11) is 0. The molecule has 3 aromatic rings. The van der Waals surface area contributed by atoms with Crippen molar-refractivity contribution in [1.82, 2.24) is 24.9 Å². The number of hydrogen-bond acceptors (Lipinski definition) is 5. The molecule has 8 heteroatoms. The van der Waals surface area contributed by atoms with Crippen LogP contribution < -0.4 is 11.1 Å². The summed E-state index contributed by atoms with van der Waals surface area (Å²) in [6.07, 6.45) is 0.217. The quantitative estimate of drug-likeness (QED) is 0.698. The van der Waals surface area contributed by atoms with Gasteiger partial charge in [-0.2, -0.15) is 9.50 Å². The lowest BCUT2D eigenvalue weighted by molar-refractivity contribution is -0.121. The Bertz CT molecular complexity index is 952. The molecule has 0 spiro atoms. The van der Waals surface area contributed by atoms with Crippen molar-refractivity contribution in [3.05, 3.63) is 51.3 Å². The number of amides is 1. The van der Waals surface area contributed by atoms with Gasteiger partial charge >= 0.3 is 0 Å². The number of aromatic nitrogens is 4. The van der Waals surface area contributed by atoms with Crippen LogP contribution >= 0.6 is 15.9 Å². The van der Waals surface area contributed by atoms with Gasteiger partial charge in [-0.05, 0) is 32.4 Å². The molecule has 7 nitrogen and oxygen atoms in total. The molecule has 1 aromatic carbocycles. The largest absolute Gasteiger partial charge is 0.366 e. The third-order valence-electron chi connectivity index (χ3n) is 4.15. The van der Waals surface area contributed by atoms with Crippen molar-refractivity contribution in [3.63, 3.8) is 0 Å². The fraction of sp³-hybridized carbons (Fsp3) is 0.294. The Morgan fingerprint density at radius 1 is 1.32 bits per heavy atom. The minimum atomic E-state index is -0.109. The summed E-state index contributed by atoms with van der Waals surface area (Å²) in [4.78, 5) is 21.0. The maximum absolute atomic E-state index is 12.5. The second kappa shape index (κ2) is 6.79. The maximum Gasteiger partial charge on any atom is 0.254 e. The van der Waals surface area contributed by atoms with Gasteiger partial charge in [0.2, 0.25) is 11.9 Å². The predicted octanol–water partition coefficient (Wildman–Crippen LogP) is 2.51. The zero-order chi connectivity index (χ0) is 18.1. The molecule has 0 bridgehead atoms. The number of fused-ring (bicyclic) bond motifs is 1. The number of aryl methyl sites for hydroxylation is 2. The molecule has 1 amide bonds. The number of rotatable bonds is 4. The van der Waals surface area contributed by atoms with Crippen LogP contribution in [0.15, 0.2) is 28.7 Å². The average molecular weight is 403 g/mol. The van der Waals surface area contributed by atoms with Crippen molar-refractivity contribution in [1.29, 1.82) is 0 Å². The molecule has 25 heavy (non-hydrogen) atoms. The number of hydrogen-bond donors (Lipinski definition) is 2. The average Bonchev–Trinajstić information content (AvgIpc) is 2.92. The van der Waals surface area contributed by atoms with Gasteiger partial charge in [0.05, 0.1) is 12.5 Å². The third kappa shape index (κ3) is 3.48. The van der Waals surface area contributed by atoms with Crippen LogP contribution in [0.3, 0.4) is 0 Å². The van der Waals surface area contributed by atoms with Gasteiger partial charge in [0, 0.05) is 21.4 Å². The Hall–Kier alpha value is -2.48. The van der Waals surface area contributed by atoms with Gasteiger partial charge in [-0.25, -0.2) is 4.98 Å². The molecule has 0 radical (unpaired) electrons. The van der Waals surface area contributed by atoms with Crippen molar-refractivity contribution in [2.45, 2.75) is 33.2 Å². The first-order valence-corrected chi connectivity index (χ1v) is 8.68. The van der Waals surface area contributed by atoms with E-state index in [9.17, 15) is 4.79 Å². The topological polar surface area (TPSA) is 98.2 Å². The first kappa shape index (κ1) is 17.3. The van der Waals surface area contributed by atoms with E-state index in [0.29, 0.717) is 5.78 Å². The second-order valence-corrected chi connectivity index (χ2v) is 6.78. The van der Waals surface area contributed by atoms with Crippen LogP contribution in [-0.2, 0) is 11.2 Å².